The lowest BCUT2D eigenvalue weighted by Gasteiger charge is -2.06. The number of carbonyl (C=O) groups is 1. The topological polar surface area (TPSA) is 72.3 Å². The average Bonchev–Trinajstić information content (AvgIpc) is 2.73. The summed E-state index contributed by atoms with van der Waals surface area (Å²) >= 11 is 3.11. The lowest BCUT2D eigenvalue weighted by molar-refractivity contribution is 0.0688. The van der Waals surface area contributed by atoms with Crippen LogP contribution in [0.5, 0.6) is 0 Å². The zero-order chi connectivity index (χ0) is 11.5. The van der Waals surface area contributed by atoms with E-state index < -0.39 is 5.97 Å². The lowest BCUT2D eigenvalue weighted by atomic mass is 10.0. The Morgan fingerprint density at radius 3 is 3.12 bits per heavy atom. The van der Waals surface area contributed by atoms with E-state index in [0.29, 0.717) is 29.2 Å². The maximum atomic E-state index is 10.9. The van der Waals surface area contributed by atoms with Gasteiger partial charge < -0.3 is 9.84 Å². The number of aromatic nitrogens is 2. The van der Waals surface area contributed by atoms with Crippen LogP contribution in [-0.2, 0) is 11.2 Å². The molecule has 16 heavy (non-hydrogen) atoms. The molecule has 6 heteroatoms. The molecule has 1 fully saturated rings. The fourth-order valence-corrected chi connectivity index (χ4v) is 2.02. The van der Waals surface area contributed by atoms with Crippen LogP contribution in [0, 0.1) is 5.92 Å². The predicted molar refractivity (Wildman–Crippen MR) is 59.3 cm³/mol. The number of rotatable bonds is 3. The first-order valence-electron chi connectivity index (χ1n) is 4.99. The van der Waals surface area contributed by atoms with Gasteiger partial charge >= 0.3 is 5.97 Å². The fourth-order valence-electron chi connectivity index (χ4n) is 1.65. The Labute approximate surface area is 101 Å². The molecule has 1 N–H and O–H groups in total. The van der Waals surface area contributed by atoms with Crippen LogP contribution >= 0.6 is 15.9 Å². The van der Waals surface area contributed by atoms with Crippen molar-refractivity contribution in [2.45, 2.75) is 12.8 Å². The minimum absolute atomic E-state index is 0.0175. The first-order valence-corrected chi connectivity index (χ1v) is 5.78. The Morgan fingerprint density at radius 1 is 1.69 bits per heavy atom. The molecule has 5 nitrogen and oxygen atoms in total. The van der Waals surface area contributed by atoms with Gasteiger partial charge in [-0.25, -0.2) is 14.8 Å². The van der Waals surface area contributed by atoms with Crippen LogP contribution in [-0.4, -0.2) is 34.3 Å². The molecule has 1 aromatic rings. The Hall–Kier alpha value is -1.01. The van der Waals surface area contributed by atoms with Crippen LogP contribution < -0.4 is 0 Å². The van der Waals surface area contributed by atoms with Gasteiger partial charge in [0.05, 0.1) is 4.47 Å². The Bertz CT molecular complexity index is 405. The molecule has 1 aromatic heterocycles. The molecule has 2 heterocycles. The van der Waals surface area contributed by atoms with Crippen molar-refractivity contribution in [3.05, 3.63) is 22.2 Å². The minimum Gasteiger partial charge on any atom is -0.476 e. The molecule has 1 aliphatic rings. The van der Waals surface area contributed by atoms with Crippen molar-refractivity contribution >= 4 is 21.9 Å². The Balaban J connectivity index is 2.15. The van der Waals surface area contributed by atoms with E-state index in [-0.39, 0.29) is 5.69 Å². The van der Waals surface area contributed by atoms with Crippen LogP contribution in [0.1, 0.15) is 22.7 Å². The van der Waals surface area contributed by atoms with Gasteiger partial charge in [-0.1, -0.05) is 0 Å². The van der Waals surface area contributed by atoms with Crippen LogP contribution in [0.15, 0.2) is 10.7 Å². The molecule has 0 amide bonds. The van der Waals surface area contributed by atoms with E-state index in [9.17, 15) is 4.79 Å². The number of halogens is 1. The van der Waals surface area contributed by atoms with Crippen molar-refractivity contribution in [1.82, 2.24) is 9.97 Å². The quantitative estimate of drug-likeness (QED) is 0.912. The maximum Gasteiger partial charge on any atom is 0.355 e. The first-order chi connectivity index (χ1) is 7.66. The second-order valence-corrected chi connectivity index (χ2v) is 4.58. The molecule has 1 aliphatic heterocycles. The average molecular weight is 287 g/mol. The van der Waals surface area contributed by atoms with Gasteiger partial charge in [-0.3, -0.25) is 0 Å². The van der Waals surface area contributed by atoms with Crippen LogP contribution in [0.4, 0.5) is 0 Å². The summed E-state index contributed by atoms with van der Waals surface area (Å²) in [4.78, 5) is 19.0. The zero-order valence-electron chi connectivity index (χ0n) is 8.52. The number of hydrogen-bond donors (Lipinski definition) is 1. The van der Waals surface area contributed by atoms with Gasteiger partial charge in [-0.05, 0) is 28.3 Å². The Kier molecular flexibility index (Phi) is 3.50. The molecule has 1 atom stereocenters. The highest BCUT2D eigenvalue weighted by atomic mass is 79.9. The van der Waals surface area contributed by atoms with E-state index in [4.69, 9.17) is 9.84 Å². The van der Waals surface area contributed by atoms with Gasteiger partial charge in [0, 0.05) is 25.8 Å². The van der Waals surface area contributed by atoms with E-state index in [0.717, 1.165) is 13.0 Å². The highest BCUT2D eigenvalue weighted by Crippen LogP contribution is 2.18. The molecular formula is C10H11BrN2O3. The summed E-state index contributed by atoms with van der Waals surface area (Å²) in [6.07, 6.45) is 3.15. The van der Waals surface area contributed by atoms with E-state index in [1.54, 1.807) is 0 Å². The summed E-state index contributed by atoms with van der Waals surface area (Å²) in [6.45, 7) is 1.48. The minimum atomic E-state index is -1.04. The maximum absolute atomic E-state index is 10.9. The summed E-state index contributed by atoms with van der Waals surface area (Å²) in [6, 6.07) is 0. The summed E-state index contributed by atoms with van der Waals surface area (Å²) in [5.74, 6) is -0.0721. The molecule has 2 rings (SSSR count). The molecule has 0 radical (unpaired) electrons. The Morgan fingerprint density at radius 2 is 2.50 bits per heavy atom. The first kappa shape index (κ1) is 11.5. The molecule has 1 unspecified atom stereocenters. The van der Waals surface area contributed by atoms with Gasteiger partial charge in [-0.2, -0.15) is 0 Å². The van der Waals surface area contributed by atoms with Crippen LogP contribution in [0.2, 0.25) is 0 Å². The van der Waals surface area contributed by atoms with Crippen molar-refractivity contribution in [3.8, 4) is 0 Å². The third-order valence-corrected chi connectivity index (χ3v) is 3.07. The number of ether oxygens (including phenoxy) is 1. The van der Waals surface area contributed by atoms with Gasteiger partial charge in [0.25, 0.3) is 0 Å². The molecule has 0 saturated carbocycles. The highest BCUT2D eigenvalue weighted by molar-refractivity contribution is 9.10. The van der Waals surface area contributed by atoms with E-state index >= 15 is 0 Å². The van der Waals surface area contributed by atoms with Crippen molar-refractivity contribution < 1.29 is 14.6 Å². The molecular weight excluding hydrogens is 276 g/mol. The highest BCUT2D eigenvalue weighted by Gasteiger charge is 2.19. The van der Waals surface area contributed by atoms with E-state index in [1.807, 2.05) is 0 Å². The number of aromatic carboxylic acids is 1. The van der Waals surface area contributed by atoms with Crippen LogP contribution in [0.3, 0.4) is 0 Å². The number of hydrogen-bond acceptors (Lipinski definition) is 4. The standard InChI is InChI=1S/C10H11BrN2O3/c11-7-4-12-8(13-9(7)10(14)15)3-6-1-2-16-5-6/h4,6H,1-3,5H2,(H,14,15). The number of carboxylic acids is 1. The fraction of sp³-hybridized carbons (Fsp3) is 0.500. The largest absolute Gasteiger partial charge is 0.476 e. The lowest BCUT2D eigenvalue weighted by Crippen LogP contribution is -2.11. The summed E-state index contributed by atoms with van der Waals surface area (Å²) in [7, 11) is 0. The van der Waals surface area contributed by atoms with Crippen molar-refractivity contribution in [2.24, 2.45) is 5.92 Å². The third-order valence-electron chi connectivity index (χ3n) is 2.49. The van der Waals surface area contributed by atoms with E-state index in [1.165, 1.54) is 6.20 Å². The normalized spacial score (nSPS) is 19.9. The molecule has 0 aliphatic carbocycles. The molecule has 1 saturated heterocycles. The van der Waals surface area contributed by atoms with Gasteiger partial charge in [-0.15, -0.1) is 0 Å². The van der Waals surface area contributed by atoms with Crippen molar-refractivity contribution in [3.63, 3.8) is 0 Å². The van der Waals surface area contributed by atoms with Gasteiger partial charge in [0.1, 0.15) is 5.82 Å². The second-order valence-electron chi connectivity index (χ2n) is 3.72. The van der Waals surface area contributed by atoms with Crippen LogP contribution in [0.25, 0.3) is 0 Å². The van der Waals surface area contributed by atoms with Crippen molar-refractivity contribution in [2.75, 3.05) is 13.2 Å². The predicted octanol–water partition coefficient (Wildman–Crippen LogP) is 1.52. The number of carboxylic acid groups (broad SMARTS) is 1. The summed E-state index contributed by atoms with van der Waals surface area (Å²) < 4.78 is 5.66. The summed E-state index contributed by atoms with van der Waals surface area (Å²) in [5.41, 5.74) is 0.0175. The SMILES string of the molecule is O=C(O)c1nc(CC2CCOC2)ncc1Br. The molecule has 0 bridgehead atoms. The van der Waals surface area contributed by atoms with Gasteiger partial charge in [0.2, 0.25) is 0 Å². The molecule has 0 aromatic carbocycles. The van der Waals surface area contributed by atoms with Crippen molar-refractivity contribution in [1.29, 1.82) is 0 Å². The number of nitrogens with zero attached hydrogens (tertiary/aromatic N) is 2. The van der Waals surface area contributed by atoms with E-state index in [2.05, 4.69) is 25.9 Å². The zero-order valence-corrected chi connectivity index (χ0v) is 10.1. The van der Waals surface area contributed by atoms with Gasteiger partial charge in [0.15, 0.2) is 5.69 Å². The second kappa shape index (κ2) is 4.88. The third kappa shape index (κ3) is 2.56. The monoisotopic (exact) mass is 286 g/mol. The summed E-state index contributed by atoms with van der Waals surface area (Å²) in [5, 5.41) is 8.91. The molecule has 86 valence electrons. The molecule has 0 spiro atoms. The smallest absolute Gasteiger partial charge is 0.355 e.